The summed E-state index contributed by atoms with van der Waals surface area (Å²) in [4.78, 5) is 0. The molecule has 2 nitrogen and oxygen atoms in total. The number of methoxy groups -OCH3 is 1. The van der Waals surface area contributed by atoms with Crippen molar-refractivity contribution in [2.24, 2.45) is 0 Å². The second-order valence-corrected chi connectivity index (χ2v) is 2.86. The van der Waals surface area contributed by atoms with Gasteiger partial charge in [-0.2, -0.15) is 0 Å². The molecule has 0 bridgehead atoms. The van der Waals surface area contributed by atoms with Crippen molar-refractivity contribution in [3.8, 4) is 11.5 Å². The third kappa shape index (κ3) is 1.31. The Hall–Kier alpha value is -1.70. The van der Waals surface area contributed by atoms with Crippen LogP contribution in [0.5, 0.6) is 11.5 Å². The van der Waals surface area contributed by atoms with Gasteiger partial charge in [0.2, 0.25) is 0 Å². The number of hydrogen-bond acceptors (Lipinski definition) is 2. The average Bonchev–Trinajstić information content (AvgIpc) is 2.18. The fourth-order valence-electron chi connectivity index (χ4n) is 1.36. The smallest absolute Gasteiger partial charge is 0.123 e. The number of phenols is 1. The molecule has 2 aromatic rings. The summed E-state index contributed by atoms with van der Waals surface area (Å²) in [5.74, 6) is 1.05. The number of phenolic OH excluding ortho intramolecular Hbond substituents is 1. The van der Waals surface area contributed by atoms with E-state index in [1.807, 2.05) is 30.3 Å². The molecule has 0 aliphatic rings. The zero-order valence-electron chi connectivity index (χ0n) is 7.32. The van der Waals surface area contributed by atoms with Crippen molar-refractivity contribution in [2.75, 3.05) is 7.11 Å². The number of aromatic hydroxyl groups is 1. The molecular weight excluding hydrogens is 164 g/mol. The number of benzene rings is 2. The van der Waals surface area contributed by atoms with Gasteiger partial charge in [-0.1, -0.05) is 18.2 Å². The molecule has 0 radical (unpaired) electrons. The van der Waals surface area contributed by atoms with Crippen LogP contribution in [0.2, 0.25) is 0 Å². The minimum absolute atomic E-state index is 0.288. The Morgan fingerprint density at radius 2 is 2.00 bits per heavy atom. The zero-order chi connectivity index (χ0) is 9.26. The van der Waals surface area contributed by atoms with Crippen molar-refractivity contribution in [1.29, 1.82) is 0 Å². The third-order valence-electron chi connectivity index (χ3n) is 2.07. The van der Waals surface area contributed by atoms with Gasteiger partial charge in [-0.3, -0.25) is 0 Å². The summed E-state index contributed by atoms with van der Waals surface area (Å²) in [6.07, 6.45) is 0. The summed E-state index contributed by atoms with van der Waals surface area (Å²) in [6.45, 7) is 0. The molecule has 2 rings (SSSR count). The van der Waals surface area contributed by atoms with E-state index in [-0.39, 0.29) is 5.75 Å². The van der Waals surface area contributed by atoms with Gasteiger partial charge in [0, 0.05) is 5.39 Å². The molecule has 0 saturated heterocycles. The summed E-state index contributed by atoms with van der Waals surface area (Å²) in [6, 6.07) is 11.1. The van der Waals surface area contributed by atoms with Crippen molar-refractivity contribution in [2.45, 2.75) is 0 Å². The van der Waals surface area contributed by atoms with Crippen molar-refractivity contribution < 1.29 is 9.84 Å². The van der Waals surface area contributed by atoms with Crippen LogP contribution >= 0.6 is 0 Å². The number of rotatable bonds is 1. The minimum Gasteiger partial charge on any atom is -0.507 e. The highest BCUT2D eigenvalue weighted by Crippen LogP contribution is 2.27. The Labute approximate surface area is 76.4 Å². The highest BCUT2D eigenvalue weighted by molar-refractivity contribution is 5.89. The molecule has 2 heteroatoms. The van der Waals surface area contributed by atoms with Crippen LogP contribution in [0.1, 0.15) is 0 Å². The van der Waals surface area contributed by atoms with E-state index in [4.69, 9.17) is 4.74 Å². The van der Waals surface area contributed by atoms with Crippen LogP contribution in [0.25, 0.3) is 10.8 Å². The van der Waals surface area contributed by atoms with E-state index in [0.717, 1.165) is 16.5 Å². The Morgan fingerprint density at radius 1 is 1.15 bits per heavy atom. The summed E-state index contributed by atoms with van der Waals surface area (Å²) in [5.41, 5.74) is 0. The van der Waals surface area contributed by atoms with Crippen LogP contribution in [0.3, 0.4) is 0 Å². The first-order valence-corrected chi connectivity index (χ1v) is 4.07. The lowest BCUT2D eigenvalue weighted by atomic mass is 10.1. The highest BCUT2D eigenvalue weighted by atomic mass is 16.5. The Balaban J connectivity index is 2.74. The normalized spacial score (nSPS) is 10.2. The van der Waals surface area contributed by atoms with E-state index >= 15 is 0 Å². The quantitative estimate of drug-likeness (QED) is 0.719. The topological polar surface area (TPSA) is 29.5 Å². The Kier molecular flexibility index (Phi) is 1.81. The first kappa shape index (κ1) is 7.92. The van der Waals surface area contributed by atoms with E-state index in [0.29, 0.717) is 0 Å². The summed E-state index contributed by atoms with van der Waals surface area (Å²) in [7, 11) is 1.61. The second kappa shape index (κ2) is 2.98. The fourth-order valence-corrected chi connectivity index (χ4v) is 1.36. The van der Waals surface area contributed by atoms with E-state index in [1.54, 1.807) is 13.2 Å². The summed E-state index contributed by atoms with van der Waals surface area (Å²) < 4.78 is 5.07. The van der Waals surface area contributed by atoms with Gasteiger partial charge in [-0.05, 0) is 23.6 Å². The fraction of sp³-hybridized carbons (Fsp3) is 0.0909. The van der Waals surface area contributed by atoms with Gasteiger partial charge in [-0.25, -0.2) is 0 Å². The largest absolute Gasteiger partial charge is 0.507 e. The lowest BCUT2D eigenvalue weighted by Gasteiger charge is -2.03. The maximum absolute atomic E-state index is 9.54. The molecule has 1 N–H and O–H groups in total. The average molecular weight is 174 g/mol. The number of fused-ring (bicyclic) bond motifs is 1. The zero-order valence-corrected chi connectivity index (χ0v) is 7.32. The van der Waals surface area contributed by atoms with Crippen LogP contribution in [0.4, 0.5) is 0 Å². The van der Waals surface area contributed by atoms with Gasteiger partial charge in [0.15, 0.2) is 0 Å². The lowest BCUT2D eigenvalue weighted by Crippen LogP contribution is -1.82. The van der Waals surface area contributed by atoms with Crippen molar-refractivity contribution in [1.82, 2.24) is 0 Å². The SMILES string of the molecule is COc1ccc2cccc(O)c2c1. The van der Waals surface area contributed by atoms with Crippen molar-refractivity contribution in [3.05, 3.63) is 36.4 Å². The molecule has 2 aromatic carbocycles. The number of hydrogen-bond donors (Lipinski definition) is 1. The molecule has 0 spiro atoms. The predicted molar refractivity (Wildman–Crippen MR) is 52.2 cm³/mol. The first-order valence-electron chi connectivity index (χ1n) is 4.07. The molecule has 0 atom stereocenters. The molecule has 0 saturated carbocycles. The van der Waals surface area contributed by atoms with Crippen molar-refractivity contribution in [3.63, 3.8) is 0 Å². The Bertz CT molecular complexity index is 435. The highest BCUT2D eigenvalue weighted by Gasteiger charge is 1.99. The van der Waals surface area contributed by atoms with Gasteiger partial charge in [0.1, 0.15) is 11.5 Å². The molecular formula is C11H10O2. The number of ether oxygens (including phenoxy) is 1. The van der Waals surface area contributed by atoms with Crippen LogP contribution in [0, 0.1) is 0 Å². The molecule has 0 aliphatic heterocycles. The summed E-state index contributed by atoms with van der Waals surface area (Å²) in [5, 5.41) is 11.4. The maximum Gasteiger partial charge on any atom is 0.123 e. The molecule has 0 fully saturated rings. The standard InChI is InChI=1S/C11H10O2/c1-13-9-6-5-8-3-2-4-11(12)10(8)7-9/h2-7,12H,1H3. The third-order valence-corrected chi connectivity index (χ3v) is 2.07. The van der Waals surface area contributed by atoms with E-state index in [2.05, 4.69) is 0 Å². The summed E-state index contributed by atoms with van der Waals surface area (Å²) >= 11 is 0. The predicted octanol–water partition coefficient (Wildman–Crippen LogP) is 2.55. The van der Waals surface area contributed by atoms with Crippen molar-refractivity contribution >= 4 is 10.8 Å². The van der Waals surface area contributed by atoms with Crippen LogP contribution < -0.4 is 4.74 Å². The van der Waals surface area contributed by atoms with E-state index in [9.17, 15) is 5.11 Å². The second-order valence-electron chi connectivity index (χ2n) is 2.86. The Morgan fingerprint density at radius 3 is 2.77 bits per heavy atom. The van der Waals surface area contributed by atoms with Crippen LogP contribution in [-0.4, -0.2) is 12.2 Å². The maximum atomic E-state index is 9.54. The van der Waals surface area contributed by atoms with Gasteiger partial charge in [0.25, 0.3) is 0 Å². The van der Waals surface area contributed by atoms with E-state index < -0.39 is 0 Å². The van der Waals surface area contributed by atoms with E-state index in [1.165, 1.54) is 0 Å². The molecule has 0 aliphatic carbocycles. The molecule has 0 unspecified atom stereocenters. The van der Waals surface area contributed by atoms with Gasteiger partial charge in [-0.15, -0.1) is 0 Å². The lowest BCUT2D eigenvalue weighted by molar-refractivity contribution is 0.415. The van der Waals surface area contributed by atoms with Crippen LogP contribution in [0.15, 0.2) is 36.4 Å². The van der Waals surface area contributed by atoms with Crippen LogP contribution in [-0.2, 0) is 0 Å². The first-order chi connectivity index (χ1) is 6.31. The molecule has 66 valence electrons. The van der Waals surface area contributed by atoms with Gasteiger partial charge >= 0.3 is 0 Å². The van der Waals surface area contributed by atoms with Gasteiger partial charge < -0.3 is 9.84 Å². The minimum atomic E-state index is 0.288. The molecule has 0 amide bonds. The van der Waals surface area contributed by atoms with Gasteiger partial charge in [0.05, 0.1) is 7.11 Å². The molecule has 0 heterocycles. The molecule has 0 aromatic heterocycles. The molecule has 13 heavy (non-hydrogen) atoms. The monoisotopic (exact) mass is 174 g/mol.